The molecule has 0 radical (unpaired) electrons. The summed E-state index contributed by atoms with van der Waals surface area (Å²) < 4.78 is 4.64. The van der Waals surface area contributed by atoms with Crippen LogP contribution >= 0.6 is 0 Å². The Balaban J connectivity index is 2.46. The lowest BCUT2D eigenvalue weighted by Crippen LogP contribution is -2.12. The van der Waals surface area contributed by atoms with Crippen LogP contribution in [0.1, 0.15) is 26.4 Å². The van der Waals surface area contributed by atoms with Crippen molar-refractivity contribution < 1.29 is 14.3 Å². The van der Waals surface area contributed by atoms with Crippen molar-refractivity contribution in [3.05, 3.63) is 59.7 Å². The quantitative estimate of drug-likeness (QED) is 0.602. The highest BCUT2D eigenvalue weighted by molar-refractivity contribution is 6.13. The predicted octanol–water partition coefficient (Wildman–Crippen LogP) is 1.49. The van der Waals surface area contributed by atoms with Crippen LogP contribution in [-0.4, -0.2) is 28.8 Å². The summed E-state index contributed by atoms with van der Waals surface area (Å²) in [5, 5.41) is 0. The molecule has 0 aliphatic carbocycles. The summed E-state index contributed by atoms with van der Waals surface area (Å²) in [5.74, 6) is -0.910. The van der Waals surface area contributed by atoms with Gasteiger partial charge in [-0.25, -0.2) is 9.78 Å². The number of hydrogen-bond donors (Lipinski definition) is 0. The van der Waals surface area contributed by atoms with E-state index < -0.39 is 5.97 Å². The van der Waals surface area contributed by atoms with Crippen LogP contribution in [0.3, 0.4) is 0 Å². The van der Waals surface area contributed by atoms with Crippen molar-refractivity contribution in [2.75, 3.05) is 7.11 Å². The second-order valence-electron chi connectivity index (χ2n) is 3.46. The van der Waals surface area contributed by atoms with Crippen LogP contribution in [-0.2, 0) is 4.74 Å². The smallest absolute Gasteiger partial charge is 0.338 e. The Morgan fingerprint density at radius 1 is 1.11 bits per heavy atom. The van der Waals surface area contributed by atoms with Crippen LogP contribution in [0.5, 0.6) is 0 Å². The van der Waals surface area contributed by atoms with Gasteiger partial charge < -0.3 is 4.74 Å². The van der Waals surface area contributed by atoms with Crippen molar-refractivity contribution in [1.29, 1.82) is 0 Å². The van der Waals surface area contributed by atoms with Crippen LogP contribution in [0, 0.1) is 0 Å². The average molecular weight is 242 g/mol. The summed E-state index contributed by atoms with van der Waals surface area (Å²) >= 11 is 0. The van der Waals surface area contributed by atoms with Crippen molar-refractivity contribution in [1.82, 2.24) is 9.97 Å². The largest absolute Gasteiger partial charge is 0.465 e. The SMILES string of the molecule is COC(=O)c1ccccc1C(=O)c1cnccn1. The fourth-order valence-corrected chi connectivity index (χ4v) is 1.52. The Bertz CT molecular complexity index is 582. The van der Waals surface area contributed by atoms with E-state index in [0.717, 1.165) is 0 Å². The van der Waals surface area contributed by atoms with Crippen molar-refractivity contribution in [2.24, 2.45) is 0 Å². The molecule has 18 heavy (non-hydrogen) atoms. The molecule has 90 valence electrons. The number of ketones is 1. The highest BCUT2D eigenvalue weighted by Gasteiger charge is 2.19. The zero-order valence-electron chi connectivity index (χ0n) is 9.66. The van der Waals surface area contributed by atoms with E-state index in [9.17, 15) is 9.59 Å². The third kappa shape index (κ3) is 2.24. The molecule has 0 saturated carbocycles. The van der Waals surface area contributed by atoms with Gasteiger partial charge in [-0.05, 0) is 6.07 Å². The molecule has 0 aliphatic rings. The van der Waals surface area contributed by atoms with E-state index >= 15 is 0 Å². The van der Waals surface area contributed by atoms with Crippen molar-refractivity contribution in [2.45, 2.75) is 0 Å². The number of nitrogens with zero attached hydrogens (tertiary/aromatic N) is 2. The molecule has 0 saturated heterocycles. The van der Waals surface area contributed by atoms with Gasteiger partial charge in [0.05, 0.1) is 18.9 Å². The minimum Gasteiger partial charge on any atom is -0.465 e. The number of methoxy groups -OCH3 is 1. The Labute approximate surface area is 103 Å². The molecule has 1 aromatic heterocycles. The Morgan fingerprint density at radius 2 is 1.83 bits per heavy atom. The molecule has 2 aromatic rings. The normalized spacial score (nSPS) is 9.83. The van der Waals surface area contributed by atoms with E-state index in [0.29, 0.717) is 0 Å². The molecule has 0 atom stereocenters. The van der Waals surface area contributed by atoms with Gasteiger partial charge in [-0.3, -0.25) is 9.78 Å². The minimum absolute atomic E-state index is 0.189. The molecule has 5 nitrogen and oxygen atoms in total. The average Bonchev–Trinajstić information content (AvgIpc) is 2.46. The Kier molecular flexibility index (Phi) is 3.43. The zero-order chi connectivity index (χ0) is 13.0. The molecule has 5 heteroatoms. The number of rotatable bonds is 3. The standard InChI is InChI=1S/C13H10N2O3/c1-18-13(17)10-5-3-2-4-9(10)12(16)11-8-14-6-7-15-11/h2-8H,1H3. The third-order valence-corrected chi connectivity index (χ3v) is 2.37. The van der Waals surface area contributed by atoms with Crippen LogP contribution in [0.25, 0.3) is 0 Å². The lowest BCUT2D eigenvalue weighted by molar-refractivity contribution is 0.0597. The van der Waals surface area contributed by atoms with E-state index in [1.165, 1.54) is 31.8 Å². The first-order chi connectivity index (χ1) is 8.74. The fourth-order valence-electron chi connectivity index (χ4n) is 1.52. The molecule has 0 unspecified atom stereocenters. The van der Waals surface area contributed by atoms with E-state index in [2.05, 4.69) is 14.7 Å². The zero-order valence-corrected chi connectivity index (χ0v) is 9.66. The maximum Gasteiger partial charge on any atom is 0.338 e. The molecule has 0 fully saturated rings. The Hall–Kier alpha value is -2.56. The molecule has 0 spiro atoms. The van der Waals surface area contributed by atoms with Crippen LogP contribution in [0.4, 0.5) is 0 Å². The van der Waals surface area contributed by atoms with Gasteiger partial charge in [-0.1, -0.05) is 18.2 Å². The lowest BCUT2D eigenvalue weighted by atomic mass is 10.0. The summed E-state index contributed by atoms with van der Waals surface area (Å²) in [4.78, 5) is 31.5. The van der Waals surface area contributed by atoms with Gasteiger partial charge >= 0.3 is 5.97 Å². The number of carbonyl (C=O) groups is 2. The first-order valence-corrected chi connectivity index (χ1v) is 5.22. The Morgan fingerprint density at radius 3 is 2.44 bits per heavy atom. The molecule has 0 aliphatic heterocycles. The predicted molar refractivity (Wildman–Crippen MR) is 63.2 cm³/mol. The minimum atomic E-state index is -0.553. The van der Waals surface area contributed by atoms with E-state index in [1.54, 1.807) is 18.2 Å². The number of hydrogen-bond acceptors (Lipinski definition) is 5. The third-order valence-electron chi connectivity index (χ3n) is 2.37. The van der Waals surface area contributed by atoms with E-state index in [1.807, 2.05) is 0 Å². The molecular formula is C13H10N2O3. The van der Waals surface area contributed by atoms with Gasteiger partial charge in [0.1, 0.15) is 5.69 Å². The molecule has 2 rings (SSSR count). The maximum atomic E-state index is 12.2. The van der Waals surface area contributed by atoms with Crippen LogP contribution in [0.2, 0.25) is 0 Å². The topological polar surface area (TPSA) is 69.2 Å². The highest BCUT2D eigenvalue weighted by Crippen LogP contribution is 2.13. The molecule has 0 bridgehead atoms. The first kappa shape index (κ1) is 11.9. The number of ether oxygens (including phenoxy) is 1. The summed E-state index contributed by atoms with van der Waals surface area (Å²) in [7, 11) is 1.27. The number of esters is 1. The number of aromatic nitrogens is 2. The summed E-state index contributed by atoms with van der Waals surface area (Å²) in [6.07, 6.45) is 4.26. The van der Waals surface area contributed by atoms with Gasteiger partial charge in [-0.2, -0.15) is 0 Å². The van der Waals surface area contributed by atoms with Crippen LogP contribution < -0.4 is 0 Å². The second kappa shape index (κ2) is 5.18. The van der Waals surface area contributed by atoms with Gasteiger partial charge in [-0.15, -0.1) is 0 Å². The second-order valence-corrected chi connectivity index (χ2v) is 3.46. The lowest BCUT2D eigenvalue weighted by Gasteiger charge is -2.05. The van der Waals surface area contributed by atoms with Crippen molar-refractivity contribution >= 4 is 11.8 Å². The number of benzene rings is 1. The van der Waals surface area contributed by atoms with Crippen molar-refractivity contribution in [3.8, 4) is 0 Å². The molecule has 1 aromatic carbocycles. The highest BCUT2D eigenvalue weighted by atomic mass is 16.5. The van der Waals surface area contributed by atoms with Crippen molar-refractivity contribution in [3.63, 3.8) is 0 Å². The van der Waals surface area contributed by atoms with Gasteiger partial charge in [0.25, 0.3) is 0 Å². The molecular weight excluding hydrogens is 232 g/mol. The monoisotopic (exact) mass is 242 g/mol. The maximum absolute atomic E-state index is 12.2. The molecule has 1 heterocycles. The van der Waals surface area contributed by atoms with Gasteiger partial charge in [0.2, 0.25) is 5.78 Å². The number of carbonyl (C=O) groups excluding carboxylic acids is 2. The summed E-state index contributed by atoms with van der Waals surface area (Å²) in [5.41, 5.74) is 0.661. The summed E-state index contributed by atoms with van der Waals surface area (Å²) in [6.45, 7) is 0. The van der Waals surface area contributed by atoms with Gasteiger partial charge in [0.15, 0.2) is 0 Å². The summed E-state index contributed by atoms with van der Waals surface area (Å²) in [6, 6.07) is 6.44. The molecule has 0 amide bonds. The first-order valence-electron chi connectivity index (χ1n) is 5.22. The fraction of sp³-hybridized carbons (Fsp3) is 0.0769. The van der Waals surface area contributed by atoms with E-state index in [4.69, 9.17) is 0 Å². The van der Waals surface area contributed by atoms with E-state index in [-0.39, 0.29) is 22.6 Å². The van der Waals surface area contributed by atoms with Gasteiger partial charge in [0, 0.05) is 18.0 Å². The van der Waals surface area contributed by atoms with Crippen LogP contribution in [0.15, 0.2) is 42.9 Å². The molecule has 0 N–H and O–H groups in total.